The Kier molecular flexibility index (Phi) is 4.33. The first kappa shape index (κ1) is 13.1. The van der Waals surface area contributed by atoms with E-state index in [-0.39, 0.29) is 0 Å². The van der Waals surface area contributed by atoms with Gasteiger partial charge in [0.15, 0.2) is 0 Å². The van der Waals surface area contributed by atoms with Gasteiger partial charge in [-0.15, -0.1) is 11.3 Å². The Morgan fingerprint density at radius 1 is 1.22 bits per heavy atom. The van der Waals surface area contributed by atoms with E-state index in [1.165, 1.54) is 10.4 Å². The molecule has 1 heterocycles. The average molecular weight is 261 g/mol. The van der Waals surface area contributed by atoms with Gasteiger partial charge in [-0.2, -0.15) is 0 Å². The van der Waals surface area contributed by atoms with Crippen molar-refractivity contribution in [2.75, 3.05) is 12.3 Å². The quantitative estimate of drug-likeness (QED) is 0.642. The summed E-state index contributed by atoms with van der Waals surface area (Å²) in [5, 5.41) is 4.60. The molecule has 0 amide bonds. The van der Waals surface area contributed by atoms with Crippen molar-refractivity contribution in [2.45, 2.75) is 26.8 Å². The summed E-state index contributed by atoms with van der Waals surface area (Å²) in [6.07, 6.45) is 1.02. The number of hydrogen-bond donors (Lipinski definition) is 2. The van der Waals surface area contributed by atoms with E-state index in [0.29, 0.717) is 0 Å². The lowest BCUT2D eigenvalue weighted by molar-refractivity contribution is 0.690. The van der Waals surface area contributed by atoms with Crippen LogP contribution in [0.4, 0.5) is 5.69 Å². The molecule has 1 aromatic carbocycles. The van der Waals surface area contributed by atoms with Crippen LogP contribution < -0.4 is 11.1 Å². The number of nitrogen functional groups attached to an aromatic ring is 1. The van der Waals surface area contributed by atoms with Gasteiger partial charge in [0.1, 0.15) is 0 Å². The standard InChI is InChI=1S/C14H19N3S/c1-10-14(18-11(2)17-10)9-16-8-7-12-3-5-13(15)6-4-12/h3-6,16H,7-9,15H2,1-2H3. The molecule has 0 unspecified atom stereocenters. The summed E-state index contributed by atoms with van der Waals surface area (Å²) in [5.74, 6) is 0. The highest BCUT2D eigenvalue weighted by Crippen LogP contribution is 2.16. The Morgan fingerprint density at radius 3 is 2.56 bits per heavy atom. The van der Waals surface area contributed by atoms with E-state index in [2.05, 4.69) is 36.3 Å². The maximum atomic E-state index is 5.66. The minimum absolute atomic E-state index is 0.822. The van der Waals surface area contributed by atoms with Gasteiger partial charge < -0.3 is 11.1 Å². The predicted octanol–water partition coefficient (Wildman–Crippen LogP) is 2.67. The molecule has 1 aromatic heterocycles. The fourth-order valence-corrected chi connectivity index (χ4v) is 2.76. The largest absolute Gasteiger partial charge is 0.399 e. The van der Waals surface area contributed by atoms with Gasteiger partial charge in [-0.1, -0.05) is 12.1 Å². The van der Waals surface area contributed by atoms with Crippen LogP contribution in [-0.2, 0) is 13.0 Å². The smallest absolute Gasteiger partial charge is 0.0900 e. The number of nitrogens with two attached hydrogens (primary N) is 1. The third kappa shape index (κ3) is 3.55. The lowest BCUT2D eigenvalue weighted by Crippen LogP contribution is -2.16. The number of nitrogens with one attached hydrogen (secondary N) is 1. The number of hydrogen-bond acceptors (Lipinski definition) is 4. The second-order valence-corrected chi connectivity index (χ2v) is 5.70. The fraction of sp³-hybridized carbons (Fsp3) is 0.357. The monoisotopic (exact) mass is 261 g/mol. The van der Waals surface area contributed by atoms with Crippen molar-refractivity contribution in [2.24, 2.45) is 0 Å². The van der Waals surface area contributed by atoms with E-state index in [1.54, 1.807) is 11.3 Å². The molecular weight excluding hydrogens is 242 g/mol. The fourth-order valence-electron chi connectivity index (χ4n) is 1.86. The van der Waals surface area contributed by atoms with Gasteiger partial charge in [-0.3, -0.25) is 0 Å². The minimum Gasteiger partial charge on any atom is -0.399 e. The van der Waals surface area contributed by atoms with Gasteiger partial charge in [-0.05, 0) is 44.5 Å². The van der Waals surface area contributed by atoms with Crippen LogP contribution in [0.1, 0.15) is 21.1 Å². The van der Waals surface area contributed by atoms with Gasteiger partial charge in [0.2, 0.25) is 0 Å². The van der Waals surface area contributed by atoms with Crippen molar-refractivity contribution >= 4 is 17.0 Å². The van der Waals surface area contributed by atoms with E-state index in [1.807, 2.05) is 12.1 Å². The van der Waals surface area contributed by atoms with E-state index in [4.69, 9.17) is 5.73 Å². The Balaban J connectivity index is 1.76. The van der Waals surface area contributed by atoms with Gasteiger partial charge in [-0.25, -0.2) is 4.98 Å². The summed E-state index contributed by atoms with van der Waals surface area (Å²) in [7, 11) is 0. The second-order valence-electron chi connectivity index (χ2n) is 4.41. The number of rotatable bonds is 5. The summed E-state index contributed by atoms with van der Waals surface area (Å²) in [5.41, 5.74) is 8.94. The van der Waals surface area contributed by atoms with Gasteiger partial charge in [0.25, 0.3) is 0 Å². The lowest BCUT2D eigenvalue weighted by Gasteiger charge is -2.04. The predicted molar refractivity (Wildman–Crippen MR) is 77.9 cm³/mol. The molecule has 0 aliphatic carbocycles. The highest BCUT2D eigenvalue weighted by atomic mass is 32.1. The average Bonchev–Trinajstić information content (AvgIpc) is 2.66. The van der Waals surface area contributed by atoms with Crippen LogP contribution in [0.15, 0.2) is 24.3 Å². The van der Waals surface area contributed by atoms with Crippen molar-refractivity contribution in [3.05, 3.63) is 45.4 Å². The summed E-state index contributed by atoms with van der Waals surface area (Å²) >= 11 is 1.77. The Bertz CT molecular complexity index is 502. The van der Waals surface area contributed by atoms with E-state index >= 15 is 0 Å². The van der Waals surface area contributed by atoms with Crippen LogP contribution in [0, 0.1) is 13.8 Å². The number of anilines is 1. The third-order valence-electron chi connectivity index (χ3n) is 2.86. The van der Waals surface area contributed by atoms with Gasteiger partial charge >= 0.3 is 0 Å². The molecular formula is C14H19N3S. The van der Waals surface area contributed by atoms with Crippen molar-refractivity contribution in [3.63, 3.8) is 0 Å². The van der Waals surface area contributed by atoms with Crippen LogP contribution in [0.2, 0.25) is 0 Å². The van der Waals surface area contributed by atoms with Crippen LogP contribution in [-0.4, -0.2) is 11.5 Å². The number of thiazole rings is 1. The molecule has 0 radical (unpaired) electrons. The second kappa shape index (κ2) is 5.98. The SMILES string of the molecule is Cc1nc(C)c(CNCCc2ccc(N)cc2)s1. The van der Waals surface area contributed by atoms with Crippen LogP contribution >= 0.6 is 11.3 Å². The number of aryl methyl sites for hydroxylation is 2. The Morgan fingerprint density at radius 2 is 1.94 bits per heavy atom. The number of benzene rings is 1. The molecule has 0 saturated carbocycles. The van der Waals surface area contributed by atoms with Gasteiger partial charge in [0, 0.05) is 17.1 Å². The minimum atomic E-state index is 0.822. The summed E-state index contributed by atoms with van der Waals surface area (Å²) in [6, 6.07) is 8.07. The van der Waals surface area contributed by atoms with Crippen LogP contribution in [0.25, 0.3) is 0 Å². The maximum absolute atomic E-state index is 5.66. The number of nitrogens with zero attached hydrogens (tertiary/aromatic N) is 1. The molecule has 2 rings (SSSR count). The van der Waals surface area contributed by atoms with E-state index in [9.17, 15) is 0 Å². The maximum Gasteiger partial charge on any atom is 0.0900 e. The molecule has 0 atom stereocenters. The highest BCUT2D eigenvalue weighted by molar-refractivity contribution is 7.11. The molecule has 0 saturated heterocycles. The molecule has 0 fully saturated rings. The van der Waals surface area contributed by atoms with E-state index in [0.717, 1.165) is 35.9 Å². The molecule has 0 aliphatic rings. The molecule has 18 heavy (non-hydrogen) atoms. The summed E-state index contributed by atoms with van der Waals surface area (Å²) in [6.45, 7) is 6.00. The van der Waals surface area contributed by atoms with Crippen molar-refractivity contribution in [3.8, 4) is 0 Å². The molecule has 96 valence electrons. The van der Waals surface area contributed by atoms with E-state index < -0.39 is 0 Å². The first-order valence-corrected chi connectivity index (χ1v) is 6.95. The molecule has 3 N–H and O–H groups in total. The zero-order chi connectivity index (χ0) is 13.0. The molecule has 4 heteroatoms. The van der Waals surface area contributed by atoms with Crippen molar-refractivity contribution in [1.82, 2.24) is 10.3 Å². The zero-order valence-electron chi connectivity index (χ0n) is 10.9. The van der Waals surface area contributed by atoms with Crippen LogP contribution in [0.3, 0.4) is 0 Å². The first-order valence-electron chi connectivity index (χ1n) is 6.13. The molecule has 0 spiro atoms. The van der Waals surface area contributed by atoms with Crippen molar-refractivity contribution < 1.29 is 0 Å². The third-order valence-corrected chi connectivity index (χ3v) is 3.93. The van der Waals surface area contributed by atoms with Gasteiger partial charge in [0.05, 0.1) is 10.7 Å². The Labute approximate surface area is 112 Å². The van der Waals surface area contributed by atoms with Crippen LogP contribution in [0.5, 0.6) is 0 Å². The van der Waals surface area contributed by atoms with Crippen molar-refractivity contribution in [1.29, 1.82) is 0 Å². The topological polar surface area (TPSA) is 50.9 Å². The number of aromatic nitrogens is 1. The molecule has 3 nitrogen and oxygen atoms in total. The zero-order valence-corrected chi connectivity index (χ0v) is 11.7. The normalized spacial score (nSPS) is 10.8. The Hall–Kier alpha value is -1.39. The summed E-state index contributed by atoms with van der Waals surface area (Å²) in [4.78, 5) is 5.76. The summed E-state index contributed by atoms with van der Waals surface area (Å²) < 4.78 is 0. The molecule has 0 bridgehead atoms. The molecule has 0 aliphatic heterocycles. The first-order chi connectivity index (χ1) is 8.65. The molecule has 2 aromatic rings. The lowest BCUT2D eigenvalue weighted by atomic mass is 10.1. The highest BCUT2D eigenvalue weighted by Gasteiger charge is 2.03.